The Balaban J connectivity index is 2.07. The molecule has 10 heteroatoms. The summed E-state index contributed by atoms with van der Waals surface area (Å²) in [4.78, 5) is 27.4. The average Bonchev–Trinajstić information content (AvgIpc) is 3.08. The molecule has 0 saturated carbocycles. The van der Waals surface area contributed by atoms with E-state index in [0.29, 0.717) is 20.8 Å². The zero-order valence-electron chi connectivity index (χ0n) is 17.3. The molecule has 0 bridgehead atoms. The summed E-state index contributed by atoms with van der Waals surface area (Å²) in [7, 11) is 2.90. The fourth-order valence-corrected chi connectivity index (χ4v) is 3.12. The summed E-state index contributed by atoms with van der Waals surface area (Å²) in [6, 6.07) is 8.26. The first-order valence-corrected chi connectivity index (χ1v) is 9.16. The molecule has 3 aromatic rings. The summed E-state index contributed by atoms with van der Waals surface area (Å²) in [6.45, 7) is 5.44. The minimum absolute atomic E-state index is 0.0862. The van der Waals surface area contributed by atoms with Crippen molar-refractivity contribution < 1.29 is 18.7 Å². The van der Waals surface area contributed by atoms with E-state index in [0.717, 1.165) is 11.6 Å². The van der Waals surface area contributed by atoms with Gasteiger partial charge in [0.15, 0.2) is 5.82 Å². The van der Waals surface area contributed by atoms with Gasteiger partial charge in [0.25, 0.3) is 0 Å². The molecule has 1 aromatic heterocycles. The van der Waals surface area contributed by atoms with E-state index in [4.69, 9.17) is 9.47 Å². The number of hydrogen-bond acceptors (Lipinski definition) is 6. The number of carbonyl (C=O) groups excluding carboxylic acids is 1. The monoisotopic (exact) mass is 415 g/mol. The highest BCUT2D eigenvalue weighted by Gasteiger charge is 2.27. The molecule has 0 radical (unpaired) electrons. The van der Waals surface area contributed by atoms with Crippen LogP contribution in [0.3, 0.4) is 0 Å². The number of tetrazole rings is 1. The maximum atomic E-state index is 14.4. The van der Waals surface area contributed by atoms with Crippen molar-refractivity contribution in [3.05, 3.63) is 58.3 Å². The highest BCUT2D eigenvalue weighted by molar-refractivity contribution is 5.93. The molecule has 0 aliphatic heterocycles. The van der Waals surface area contributed by atoms with Gasteiger partial charge in [-0.25, -0.2) is 14.0 Å². The van der Waals surface area contributed by atoms with Crippen LogP contribution in [0.25, 0.3) is 5.69 Å². The van der Waals surface area contributed by atoms with Gasteiger partial charge < -0.3 is 9.47 Å². The second kappa shape index (κ2) is 8.36. The lowest BCUT2D eigenvalue weighted by Gasteiger charge is -2.26. The molecular weight excluding hydrogens is 393 g/mol. The molecule has 0 N–H and O–H groups in total. The Morgan fingerprint density at radius 3 is 2.40 bits per heavy atom. The Labute approximate surface area is 172 Å². The lowest BCUT2D eigenvalue weighted by atomic mass is 10.1. The van der Waals surface area contributed by atoms with Crippen molar-refractivity contribution in [2.24, 2.45) is 0 Å². The van der Waals surface area contributed by atoms with Crippen LogP contribution in [-0.2, 0) is 0 Å². The van der Waals surface area contributed by atoms with Gasteiger partial charge in [0.05, 0.1) is 14.2 Å². The van der Waals surface area contributed by atoms with Gasteiger partial charge in [-0.1, -0.05) is 6.07 Å². The number of anilines is 1. The molecular formula is C20H22FN5O4. The number of nitrogens with zero attached hydrogens (tertiary/aromatic N) is 5. The van der Waals surface area contributed by atoms with Crippen molar-refractivity contribution in [2.45, 2.75) is 26.8 Å². The predicted molar refractivity (Wildman–Crippen MR) is 108 cm³/mol. The van der Waals surface area contributed by atoms with Gasteiger partial charge in [-0.3, -0.25) is 4.90 Å². The van der Waals surface area contributed by atoms with Gasteiger partial charge in [0.2, 0.25) is 0 Å². The zero-order chi connectivity index (χ0) is 22.0. The number of hydrogen-bond donors (Lipinski definition) is 0. The van der Waals surface area contributed by atoms with E-state index in [2.05, 4.69) is 10.4 Å². The zero-order valence-corrected chi connectivity index (χ0v) is 17.3. The smallest absolute Gasteiger partial charge is 0.377 e. The Kier molecular flexibility index (Phi) is 5.86. The van der Waals surface area contributed by atoms with E-state index < -0.39 is 17.5 Å². The van der Waals surface area contributed by atoms with Crippen LogP contribution in [0, 0.1) is 12.7 Å². The molecule has 0 spiro atoms. The number of methoxy groups -OCH3 is 2. The SMILES string of the molecule is COc1ccc(N(C(=O)n2nnn(-c3c(F)cccc3OC)c2=O)C(C)C)cc1C. The molecule has 0 fully saturated rings. The van der Waals surface area contributed by atoms with Crippen LogP contribution < -0.4 is 20.1 Å². The Hall–Kier alpha value is -3.69. The van der Waals surface area contributed by atoms with E-state index in [1.165, 1.54) is 24.1 Å². The Morgan fingerprint density at radius 1 is 1.10 bits per heavy atom. The lowest BCUT2D eigenvalue weighted by molar-refractivity contribution is 0.242. The third-order valence-corrected chi connectivity index (χ3v) is 4.52. The van der Waals surface area contributed by atoms with Gasteiger partial charge in [0, 0.05) is 11.7 Å². The average molecular weight is 415 g/mol. The van der Waals surface area contributed by atoms with Gasteiger partial charge in [0.1, 0.15) is 17.2 Å². The Morgan fingerprint density at radius 2 is 1.80 bits per heavy atom. The van der Waals surface area contributed by atoms with Crippen LogP contribution in [0.2, 0.25) is 0 Å². The van der Waals surface area contributed by atoms with Gasteiger partial charge in [-0.2, -0.15) is 4.68 Å². The van der Waals surface area contributed by atoms with E-state index in [9.17, 15) is 14.0 Å². The summed E-state index contributed by atoms with van der Waals surface area (Å²) in [5, 5.41) is 7.36. The number of amides is 1. The van der Waals surface area contributed by atoms with Crippen LogP contribution in [0.4, 0.5) is 14.9 Å². The molecule has 1 amide bonds. The minimum atomic E-state index is -0.917. The number of benzene rings is 2. The second-order valence-corrected chi connectivity index (χ2v) is 6.78. The van der Waals surface area contributed by atoms with Crippen molar-refractivity contribution >= 4 is 11.7 Å². The molecule has 0 unspecified atom stereocenters. The van der Waals surface area contributed by atoms with E-state index in [1.54, 1.807) is 39.2 Å². The molecule has 2 aromatic carbocycles. The first-order valence-electron chi connectivity index (χ1n) is 9.16. The molecule has 30 heavy (non-hydrogen) atoms. The third-order valence-electron chi connectivity index (χ3n) is 4.52. The lowest BCUT2D eigenvalue weighted by Crippen LogP contribution is -2.44. The van der Waals surface area contributed by atoms with Crippen LogP contribution in [0.1, 0.15) is 19.4 Å². The molecule has 9 nitrogen and oxygen atoms in total. The van der Waals surface area contributed by atoms with Gasteiger partial charge in [-0.15, -0.1) is 4.68 Å². The molecule has 0 atom stereocenters. The van der Waals surface area contributed by atoms with Gasteiger partial charge >= 0.3 is 11.7 Å². The second-order valence-electron chi connectivity index (χ2n) is 6.78. The molecule has 0 aliphatic carbocycles. The maximum Gasteiger partial charge on any atom is 0.377 e. The van der Waals surface area contributed by atoms with Crippen molar-refractivity contribution in [3.8, 4) is 17.2 Å². The molecule has 158 valence electrons. The summed E-state index contributed by atoms with van der Waals surface area (Å²) in [5.74, 6) is 0.0233. The predicted octanol–water partition coefficient (Wildman–Crippen LogP) is 2.78. The number of carbonyl (C=O) groups is 1. The quantitative estimate of drug-likeness (QED) is 0.595. The normalized spacial score (nSPS) is 10.9. The number of halogens is 1. The fourth-order valence-electron chi connectivity index (χ4n) is 3.12. The maximum absolute atomic E-state index is 14.4. The Bertz CT molecular complexity index is 1140. The van der Waals surface area contributed by atoms with Crippen LogP contribution in [0.15, 0.2) is 41.2 Å². The van der Waals surface area contributed by atoms with E-state index in [-0.39, 0.29) is 17.5 Å². The molecule has 3 rings (SSSR count). The fraction of sp³-hybridized carbons (Fsp3) is 0.300. The topological polar surface area (TPSA) is 91.5 Å². The first-order chi connectivity index (χ1) is 14.3. The van der Waals surface area contributed by atoms with Crippen molar-refractivity contribution in [1.29, 1.82) is 0 Å². The number of rotatable bonds is 5. The minimum Gasteiger partial charge on any atom is -0.496 e. The summed E-state index contributed by atoms with van der Waals surface area (Å²) in [5.41, 5.74) is 0.235. The molecule has 0 aliphatic rings. The number of aryl methyl sites for hydroxylation is 1. The summed E-state index contributed by atoms with van der Waals surface area (Å²) >= 11 is 0. The van der Waals surface area contributed by atoms with Crippen LogP contribution >= 0.6 is 0 Å². The number of ether oxygens (including phenoxy) is 2. The summed E-state index contributed by atoms with van der Waals surface area (Å²) in [6.07, 6.45) is 0. The van der Waals surface area contributed by atoms with Crippen molar-refractivity contribution in [1.82, 2.24) is 19.8 Å². The van der Waals surface area contributed by atoms with E-state index in [1.807, 2.05) is 6.92 Å². The molecule has 1 heterocycles. The van der Waals surface area contributed by atoms with Crippen molar-refractivity contribution in [3.63, 3.8) is 0 Å². The highest BCUT2D eigenvalue weighted by atomic mass is 19.1. The standard InChI is InChI=1S/C20H22FN5O4/c1-12(2)24(14-9-10-16(29-4)13(3)11-14)19(27)26-20(28)25(22-23-26)18-15(21)7-6-8-17(18)30-5/h6-12H,1-5H3. The highest BCUT2D eigenvalue weighted by Crippen LogP contribution is 2.26. The van der Waals surface area contributed by atoms with Crippen LogP contribution in [-0.4, -0.2) is 46.1 Å². The largest absolute Gasteiger partial charge is 0.496 e. The summed E-state index contributed by atoms with van der Waals surface area (Å²) < 4.78 is 26.0. The van der Waals surface area contributed by atoms with Crippen molar-refractivity contribution in [2.75, 3.05) is 19.1 Å². The number of para-hydroxylation sites is 1. The van der Waals surface area contributed by atoms with E-state index >= 15 is 0 Å². The first kappa shape index (κ1) is 21.0. The molecule has 0 saturated heterocycles. The van der Waals surface area contributed by atoms with Crippen LogP contribution in [0.5, 0.6) is 11.5 Å². The van der Waals surface area contributed by atoms with Gasteiger partial charge in [-0.05, 0) is 67.1 Å². The third kappa shape index (κ3) is 3.63. The number of aromatic nitrogens is 4.